The molecular formula is C22H15Cl3N2O3S. The molecule has 1 aromatic heterocycles. The molecule has 5 nitrogen and oxygen atoms in total. The van der Waals surface area contributed by atoms with Crippen molar-refractivity contribution in [3.8, 4) is 0 Å². The van der Waals surface area contributed by atoms with Gasteiger partial charge in [-0.05, 0) is 42.3 Å². The molecule has 4 rings (SSSR count). The lowest BCUT2D eigenvalue weighted by Gasteiger charge is -2.25. The maximum Gasteiger partial charge on any atom is 0.338 e. The van der Waals surface area contributed by atoms with E-state index in [9.17, 15) is 9.59 Å². The molecule has 1 unspecified atom stereocenters. The Morgan fingerprint density at radius 1 is 1.16 bits per heavy atom. The number of allylic oxidation sites excluding steroid dienone is 1. The summed E-state index contributed by atoms with van der Waals surface area (Å²) in [5, 5.41) is 1.35. The number of carbonyl (C=O) groups excluding carboxylic acids is 1. The average Bonchev–Trinajstić information content (AvgIpc) is 3.04. The first-order valence-corrected chi connectivity index (χ1v) is 11.1. The molecule has 1 aliphatic rings. The van der Waals surface area contributed by atoms with E-state index in [0.717, 1.165) is 0 Å². The van der Waals surface area contributed by atoms with E-state index in [1.54, 1.807) is 55.5 Å². The fourth-order valence-electron chi connectivity index (χ4n) is 3.44. The van der Waals surface area contributed by atoms with Crippen molar-refractivity contribution < 1.29 is 9.53 Å². The predicted molar refractivity (Wildman–Crippen MR) is 124 cm³/mol. The van der Waals surface area contributed by atoms with Crippen molar-refractivity contribution in [2.75, 3.05) is 7.11 Å². The lowest BCUT2D eigenvalue weighted by atomic mass is 9.96. The Morgan fingerprint density at radius 3 is 2.58 bits per heavy atom. The van der Waals surface area contributed by atoms with Gasteiger partial charge in [0.1, 0.15) is 6.04 Å². The third kappa shape index (κ3) is 3.96. The maximum absolute atomic E-state index is 13.4. The van der Waals surface area contributed by atoms with E-state index in [4.69, 9.17) is 39.5 Å². The molecule has 0 fully saturated rings. The fraction of sp³-hybridized carbons (Fsp3) is 0.136. The first kappa shape index (κ1) is 21.8. The first-order valence-electron chi connectivity index (χ1n) is 9.12. The monoisotopic (exact) mass is 492 g/mol. The van der Waals surface area contributed by atoms with Crippen LogP contribution in [-0.2, 0) is 9.53 Å². The second kappa shape index (κ2) is 8.63. The second-order valence-corrected chi connectivity index (χ2v) is 9.02. The highest BCUT2D eigenvalue weighted by Crippen LogP contribution is 2.34. The Hall–Kier alpha value is -2.38. The van der Waals surface area contributed by atoms with Crippen LogP contribution in [0.3, 0.4) is 0 Å². The molecule has 0 aliphatic carbocycles. The van der Waals surface area contributed by atoms with Gasteiger partial charge in [0.15, 0.2) is 4.80 Å². The van der Waals surface area contributed by atoms with Crippen LogP contribution in [0.5, 0.6) is 0 Å². The highest BCUT2D eigenvalue weighted by Gasteiger charge is 2.34. The van der Waals surface area contributed by atoms with E-state index >= 15 is 0 Å². The quantitative estimate of drug-likeness (QED) is 0.509. The second-order valence-electron chi connectivity index (χ2n) is 6.76. The minimum absolute atomic E-state index is 0.263. The summed E-state index contributed by atoms with van der Waals surface area (Å²) in [4.78, 5) is 31.0. The van der Waals surface area contributed by atoms with Crippen molar-refractivity contribution in [2.45, 2.75) is 13.0 Å². The molecule has 0 bridgehead atoms. The molecule has 158 valence electrons. The van der Waals surface area contributed by atoms with Crippen LogP contribution in [0.1, 0.15) is 24.1 Å². The molecule has 1 aliphatic heterocycles. The van der Waals surface area contributed by atoms with Crippen molar-refractivity contribution in [1.29, 1.82) is 0 Å². The summed E-state index contributed by atoms with van der Waals surface area (Å²) < 4.78 is 6.88. The van der Waals surface area contributed by atoms with Crippen LogP contribution >= 0.6 is 46.1 Å². The fourth-order valence-corrected chi connectivity index (χ4v) is 5.18. The van der Waals surface area contributed by atoms with Crippen LogP contribution in [0.4, 0.5) is 0 Å². The van der Waals surface area contributed by atoms with Gasteiger partial charge in [0.05, 0.1) is 22.9 Å². The van der Waals surface area contributed by atoms with E-state index in [0.29, 0.717) is 41.2 Å². The van der Waals surface area contributed by atoms with Crippen LogP contribution in [0.2, 0.25) is 15.1 Å². The number of rotatable bonds is 3. The summed E-state index contributed by atoms with van der Waals surface area (Å²) in [6.07, 6.45) is 1.68. The van der Waals surface area contributed by atoms with E-state index in [2.05, 4.69) is 4.99 Å². The SMILES string of the molecule is COC(=O)C1=C(C)N=c2sc(=Cc3ccc(Cl)cc3Cl)c(=O)n2C1c1ccccc1Cl. The molecule has 2 aromatic carbocycles. The molecule has 31 heavy (non-hydrogen) atoms. The van der Waals surface area contributed by atoms with Gasteiger partial charge in [0.2, 0.25) is 0 Å². The number of ether oxygens (including phenoxy) is 1. The van der Waals surface area contributed by atoms with Crippen LogP contribution in [0.15, 0.2) is 63.5 Å². The summed E-state index contributed by atoms with van der Waals surface area (Å²) in [5.74, 6) is -0.568. The molecule has 0 amide bonds. The number of methoxy groups -OCH3 is 1. The number of esters is 1. The Labute approximate surface area is 196 Å². The molecule has 1 atom stereocenters. The summed E-state index contributed by atoms with van der Waals surface area (Å²) in [6.45, 7) is 1.71. The number of hydrogen-bond acceptors (Lipinski definition) is 5. The lowest BCUT2D eigenvalue weighted by Crippen LogP contribution is -2.39. The van der Waals surface area contributed by atoms with Crippen LogP contribution in [0.25, 0.3) is 6.08 Å². The summed E-state index contributed by atoms with van der Waals surface area (Å²) in [6, 6.07) is 11.4. The lowest BCUT2D eigenvalue weighted by molar-refractivity contribution is -0.136. The first-order chi connectivity index (χ1) is 14.8. The molecule has 0 saturated heterocycles. The highest BCUT2D eigenvalue weighted by atomic mass is 35.5. The van der Waals surface area contributed by atoms with Gasteiger partial charge in [-0.25, -0.2) is 9.79 Å². The van der Waals surface area contributed by atoms with Crippen molar-refractivity contribution in [1.82, 2.24) is 4.57 Å². The van der Waals surface area contributed by atoms with E-state index < -0.39 is 12.0 Å². The van der Waals surface area contributed by atoms with Crippen LogP contribution in [-0.4, -0.2) is 17.6 Å². The Morgan fingerprint density at radius 2 is 1.90 bits per heavy atom. The van der Waals surface area contributed by atoms with E-state index in [-0.39, 0.29) is 11.1 Å². The molecule has 0 spiro atoms. The number of carbonyl (C=O) groups is 1. The van der Waals surface area contributed by atoms with E-state index in [1.807, 2.05) is 0 Å². The summed E-state index contributed by atoms with van der Waals surface area (Å²) in [5.41, 5.74) is 1.67. The van der Waals surface area contributed by atoms with Gasteiger partial charge in [-0.15, -0.1) is 0 Å². The number of benzene rings is 2. The van der Waals surface area contributed by atoms with Gasteiger partial charge in [0, 0.05) is 15.1 Å². The zero-order valence-electron chi connectivity index (χ0n) is 16.4. The molecule has 0 N–H and O–H groups in total. The Balaban J connectivity index is 2.01. The van der Waals surface area contributed by atoms with Gasteiger partial charge < -0.3 is 4.74 Å². The number of hydrogen-bond donors (Lipinski definition) is 0. The molecular weight excluding hydrogens is 479 g/mol. The molecule has 9 heteroatoms. The number of halogens is 3. The summed E-state index contributed by atoms with van der Waals surface area (Å²) >= 11 is 19.9. The van der Waals surface area contributed by atoms with Gasteiger partial charge in [0.25, 0.3) is 5.56 Å². The largest absolute Gasteiger partial charge is 0.466 e. The van der Waals surface area contributed by atoms with Crippen molar-refractivity contribution in [2.24, 2.45) is 4.99 Å². The number of fused-ring (bicyclic) bond motifs is 1. The maximum atomic E-state index is 13.4. The number of nitrogens with zero attached hydrogens (tertiary/aromatic N) is 2. The zero-order chi connectivity index (χ0) is 22.3. The normalized spacial score (nSPS) is 16.2. The standard InChI is InChI=1S/C22H15Cl3N2O3S/c1-11-18(21(29)30-2)19(14-5-3-4-6-15(14)24)27-20(28)17(31-22(27)26-11)9-12-7-8-13(23)10-16(12)25/h3-10,19H,1-2H3. The van der Waals surface area contributed by atoms with Crippen molar-refractivity contribution in [3.63, 3.8) is 0 Å². The Bertz CT molecular complexity index is 1420. The smallest absolute Gasteiger partial charge is 0.338 e. The zero-order valence-corrected chi connectivity index (χ0v) is 19.4. The summed E-state index contributed by atoms with van der Waals surface area (Å²) in [7, 11) is 1.29. The average molecular weight is 494 g/mol. The topological polar surface area (TPSA) is 60.7 Å². The van der Waals surface area contributed by atoms with Gasteiger partial charge in [-0.3, -0.25) is 9.36 Å². The number of aromatic nitrogens is 1. The minimum atomic E-state index is -0.764. The predicted octanol–water partition coefficient (Wildman–Crippen LogP) is 4.37. The molecule has 0 saturated carbocycles. The Kier molecular flexibility index (Phi) is 6.08. The highest BCUT2D eigenvalue weighted by molar-refractivity contribution is 7.07. The molecule has 0 radical (unpaired) electrons. The van der Waals surface area contributed by atoms with Crippen LogP contribution < -0.4 is 14.9 Å². The van der Waals surface area contributed by atoms with Gasteiger partial charge >= 0.3 is 5.97 Å². The van der Waals surface area contributed by atoms with Crippen LogP contribution in [0, 0.1) is 0 Å². The molecule has 2 heterocycles. The van der Waals surface area contributed by atoms with Crippen molar-refractivity contribution >= 4 is 58.2 Å². The van der Waals surface area contributed by atoms with Gasteiger partial charge in [-0.2, -0.15) is 0 Å². The minimum Gasteiger partial charge on any atom is -0.466 e. The van der Waals surface area contributed by atoms with E-state index in [1.165, 1.54) is 23.0 Å². The third-order valence-corrected chi connectivity index (χ3v) is 6.77. The van der Waals surface area contributed by atoms with Gasteiger partial charge in [-0.1, -0.05) is 70.4 Å². The third-order valence-electron chi connectivity index (χ3n) is 4.88. The van der Waals surface area contributed by atoms with Crippen molar-refractivity contribution in [3.05, 3.63) is 99.6 Å². The molecule has 3 aromatic rings. The number of thiazole rings is 1.